The lowest BCUT2D eigenvalue weighted by molar-refractivity contribution is 0.975. The molecule has 1 heterocycles. The van der Waals surface area contributed by atoms with Gasteiger partial charge in [-0.2, -0.15) is 0 Å². The van der Waals surface area contributed by atoms with Crippen molar-refractivity contribution < 1.29 is 0 Å². The van der Waals surface area contributed by atoms with Crippen molar-refractivity contribution >= 4 is 34.9 Å². The van der Waals surface area contributed by atoms with E-state index in [1.165, 1.54) is 6.20 Å². The van der Waals surface area contributed by atoms with Crippen LogP contribution in [0.25, 0.3) is 11.4 Å². The van der Waals surface area contributed by atoms with Gasteiger partial charge in [0.25, 0.3) is 0 Å². The molecule has 2 aromatic rings. The lowest BCUT2D eigenvalue weighted by Gasteiger charge is -2.12. The zero-order valence-corrected chi connectivity index (χ0v) is 15.6. The minimum atomic E-state index is 0.396. The summed E-state index contributed by atoms with van der Waals surface area (Å²) in [7, 11) is 0. The number of amidine groups is 1. The second-order valence-corrected chi connectivity index (χ2v) is 6.83. The van der Waals surface area contributed by atoms with Crippen LogP contribution in [0.3, 0.4) is 0 Å². The Kier molecular flexibility index (Phi) is 5.96. The van der Waals surface area contributed by atoms with Gasteiger partial charge in [-0.3, -0.25) is 4.99 Å². The van der Waals surface area contributed by atoms with Gasteiger partial charge in [0.2, 0.25) is 0 Å². The summed E-state index contributed by atoms with van der Waals surface area (Å²) in [5.41, 5.74) is 12.8. The van der Waals surface area contributed by atoms with Crippen LogP contribution in [0, 0.1) is 0 Å². The summed E-state index contributed by atoms with van der Waals surface area (Å²) < 4.78 is 0. The number of hydrogen-bond acceptors (Lipinski definition) is 5. The van der Waals surface area contributed by atoms with Crippen molar-refractivity contribution in [2.24, 2.45) is 16.5 Å². The van der Waals surface area contributed by atoms with Crippen LogP contribution in [0.1, 0.15) is 24.3 Å². The van der Waals surface area contributed by atoms with Crippen LogP contribution in [0.2, 0.25) is 10.0 Å². The fourth-order valence-electron chi connectivity index (χ4n) is 2.54. The Morgan fingerprint density at radius 1 is 1.35 bits per heavy atom. The third-order valence-electron chi connectivity index (χ3n) is 3.97. The number of benzene rings is 1. The number of nitrogens with zero attached hydrogens (tertiary/aromatic N) is 3. The average molecular weight is 391 g/mol. The van der Waals surface area contributed by atoms with E-state index in [1.54, 1.807) is 18.2 Å². The molecular weight excluding hydrogens is 371 g/mol. The number of rotatable bonds is 7. The SMILES string of the molecule is NC=CC(N)=NCCNc1nc(-c2ccc(Cl)cc2Cl)ncc1C1CC1. The number of aromatic nitrogens is 2. The van der Waals surface area contributed by atoms with Crippen LogP contribution in [0.5, 0.6) is 0 Å². The molecule has 136 valence electrons. The van der Waals surface area contributed by atoms with E-state index < -0.39 is 0 Å². The van der Waals surface area contributed by atoms with E-state index in [2.05, 4.69) is 20.3 Å². The molecule has 0 spiro atoms. The highest BCUT2D eigenvalue weighted by atomic mass is 35.5. The number of aliphatic imine (C=N–C) groups is 1. The first-order valence-electron chi connectivity index (χ1n) is 8.33. The van der Waals surface area contributed by atoms with Crippen molar-refractivity contribution in [3.05, 3.63) is 52.3 Å². The maximum Gasteiger partial charge on any atom is 0.163 e. The van der Waals surface area contributed by atoms with Gasteiger partial charge in [0.15, 0.2) is 5.82 Å². The predicted molar refractivity (Wildman–Crippen MR) is 108 cm³/mol. The quantitative estimate of drug-likeness (QED) is 0.380. The van der Waals surface area contributed by atoms with Gasteiger partial charge in [-0.25, -0.2) is 9.97 Å². The average Bonchev–Trinajstić information content (AvgIpc) is 3.44. The molecule has 1 aliphatic carbocycles. The van der Waals surface area contributed by atoms with Crippen LogP contribution in [0.4, 0.5) is 5.82 Å². The molecule has 0 bridgehead atoms. The van der Waals surface area contributed by atoms with E-state index in [0.717, 1.165) is 29.8 Å². The zero-order chi connectivity index (χ0) is 18.5. The molecular formula is C18H20Cl2N6. The number of nitrogens with one attached hydrogen (secondary N) is 1. The Bertz CT molecular complexity index is 846. The molecule has 0 saturated heterocycles. The smallest absolute Gasteiger partial charge is 0.163 e. The van der Waals surface area contributed by atoms with Gasteiger partial charge in [0.1, 0.15) is 11.7 Å². The van der Waals surface area contributed by atoms with Crippen LogP contribution >= 0.6 is 23.2 Å². The minimum Gasteiger partial charge on any atom is -0.404 e. The molecule has 0 amide bonds. The second kappa shape index (κ2) is 8.38. The largest absolute Gasteiger partial charge is 0.404 e. The molecule has 0 radical (unpaired) electrons. The Morgan fingerprint density at radius 2 is 2.15 bits per heavy atom. The van der Waals surface area contributed by atoms with Gasteiger partial charge in [0.05, 0.1) is 11.6 Å². The van der Waals surface area contributed by atoms with Crippen molar-refractivity contribution in [3.8, 4) is 11.4 Å². The predicted octanol–water partition coefficient (Wildman–Crippen LogP) is 3.57. The molecule has 1 aromatic heterocycles. The highest BCUT2D eigenvalue weighted by Gasteiger charge is 2.27. The summed E-state index contributed by atoms with van der Waals surface area (Å²) in [6, 6.07) is 5.29. The summed E-state index contributed by atoms with van der Waals surface area (Å²) in [5.74, 6) is 2.29. The van der Waals surface area contributed by atoms with Crippen molar-refractivity contribution in [2.75, 3.05) is 18.4 Å². The molecule has 0 atom stereocenters. The van der Waals surface area contributed by atoms with Crippen LogP contribution in [-0.4, -0.2) is 28.9 Å². The molecule has 1 aliphatic rings. The molecule has 1 fully saturated rings. The molecule has 5 N–H and O–H groups in total. The van der Waals surface area contributed by atoms with Gasteiger partial charge in [-0.05, 0) is 49.2 Å². The molecule has 8 heteroatoms. The topological polar surface area (TPSA) is 102 Å². The van der Waals surface area contributed by atoms with E-state index in [9.17, 15) is 0 Å². The molecule has 3 rings (SSSR count). The van der Waals surface area contributed by atoms with Crippen LogP contribution in [-0.2, 0) is 0 Å². The maximum absolute atomic E-state index is 6.29. The van der Waals surface area contributed by atoms with Crippen LogP contribution < -0.4 is 16.8 Å². The minimum absolute atomic E-state index is 0.396. The third-order valence-corrected chi connectivity index (χ3v) is 4.52. The molecule has 26 heavy (non-hydrogen) atoms. The lowest BCUT2D eigenvalue weighted by atomic mass is 10.1. The molecule has 0 aliphatic heterocycles. The first-order chi connectivity index (χ1) is 12.6. The van der Waals surface area contributed by atoms with E-state index >= 15 is 0 Å². The first kappa shape index (κ1) is 18.5. The fourth-order valence-corrected chi connectivity index (χ4v) is 3.03. The Hall–Kier alpha value is -2.31. The van der Waals surface area contributed by atoms with Gasteiger partial charge >= 0.3 is 0 Å². The van der Waals surface area contributed by atoms with Crippen LogP contribution in [0.15, 0.2) is 41.7 Å². The van der Waals surface area contributed by atoms with Gasteiger partial charge in [-0.1, -0.05) is 23.2 Å². The molecule has 1 saturated carbocycles. The summed E-state index contributed by atoms with van der Waals surface area (Å²) in [5, 5.41) is 4.43. The Morgan fingerprint density at radius 3 is 2.85 bits per heavy atom. The van der Waals surface area contributed by atoms with E-state index in [0.29, 0.717) is 40.7 Å². The van der Waals surface area contributed by atoms with E-state index in [1.807, 2.05) is 12.3 Å². The normalized spacial score (nSPS) is 14.8. The summed E-state index contributed by atoms with van der Waals surface area (Å²) >= 11 is 12.3. The van der Waals surface area contributed by atoms with Crippen molar-refractivity contribution in [3.63, 3.8) is 0 Å². The van der Waals surface area contributed by atoms with E-state index in [-0.39, 0.29) is 0 Å². The number of halogens is 2. The van der Waals surface area contributed by atoms with Gasteiger partial charge in [0, 0.05) is 28.9 Å². The van der Waals surface area contributed by atoms with Crippen molar-refractivity contribution in [1.29, 1.82) is 0 Å². The number of anilines is 1. The summed E-state index contributed by atoms with van der Waals surface area (Å²) in [4.78, 5) is 13.4. The molecule has 1 aromatic carbocycles. The van der Waals surface area contributed by atoms with E-state index in [4.69, 9.17) is 34.7 Å². The highest BCUT2D eigenvalue weighted by Crippen LogP contribution is 2.43. The monoisotopic (exact) mass is 390 g/mol. The maximum atomic E-state index is 6.29. The second-order valence-electron chi connectivity index (χ2n) is 5.99. The fraction of sp³-hybridized carbons (Fsp3) is 0.278. The number of hydrogen-bond donors (Lipinski definition) is 3. The first-order valence-corrected chi connectivity index (χ1v) is 9.08. The third kappa shape index (κ3) is 4.65. The Labute approximate surface area is 162 Å². The molecule has 0 unspecified atom stereocenters. The molecule has 6 nitrogen and oxygen atoms in total. The van der Waals surface area contributed by atoms with Crippen molar-refractivity contribution in [2.45, 2.75) is 18.8 Å². The summed E-state index contributed by atoms with van der Waals surface area (Å²) in [6.07, 6.45) is 7.12. The van der Waals surface area contributed by atoms with Crippen molar-refractivity contribution in [1.82, 2.24) is 9.97 Å². The summed E-state index contributed by atoms with van der Waals surface area (Å²) in [6.45, 7) is 1.12. The zero-order valence-electron chi connectivity index (χ0n) is 14.1. The van der Waals surface area contributed by atoms with Gasteiger partial charge < -0.3 is 16.8 Å². The number of nitrogens with two attached hydrogens (primary N) is 2. The van der Waals surface area contributed by atoms with Gasteiger partial charge in [-0.15, -0.1) is 0 Å². The lowest BCUT2D eigenvalue weighted by Crippen LogP contribution is -2.14. The standard InChI is InChI=1S/C18H20Cl2N6/c19-12-3-4-13(15(20)9-12)17-25-10-14(11-1-2-11)18(26-17)24-8-7-23-16(22)5-6-21/h3-6,9-11H,1-2,7-8,21H2,(H2,22,23)(H,24,25,26). The highest BCUT2D eigenvalue weighted by molar-refractivity contribution is 6.36. The Balaban J connectivity index is 1.79.